The van der Waals surface area contributed by atoms with Crippen molar-refractivity contribution in [1.82, 2.24) is 10.2 Å². The van der Waals surface area contributed by atoms with Crippen LogP contribution in [0.4, 0.5) is 4.79 Å². The van der Waals surface area contributed by atoms with Gasteiger partial charge < -0.3 is 15.3 Å². The molecule has 6 heteroatoms. The molecular weight excluding hydrogens is 264 g/mol. The van der Waals surface area contributed by atoms with Crippen LogP contribution in [-0.4, -0.2) is 56.0 Å². The molecule has 114 valence electrons. The van der Waals surface area contributed by atoms with E-state index in [4.69, 9.17) is 0 Å². The van der Waals surface area contributed by atoms with Crippen molar-refractivity contribution in [1.29, 1.82) is 0 Å². The van der Waals surface area contributed by atoms with E-state index >= 15 is 0 Å². The van der Waals surface area contributed by atoms with Crippen molar-refractivity contribution in [2.24, 2.45) is 0 Å². The largest absolute Gasteiger partial charge is 0.392 e. The average molecular weight is 292 g/mol. The summed E-state index contributed by atoms with van der Waals surface area (Å²) >= 11 is 0. The standard InChI is InChI=1S/C13H28N2O3S/c1-10(2)15(9-11(3)16)12(17)14-7-8-19(18)13(4,5)6/h10-11,16H,7-9H2,1-6H3,(H,14,17). The van der Waals surface area contributed by atoms with Crippen LogP contribution in [0.5, 0.6) is 0 Å². The molecular formula is C13H28N2O3S. The molecule has 0 aromatic heterocycles. The molecule has 0 saturated carbocycles. The van der Waals surface area contributed by atoms with E-state index in [0.29, 0.717) is 18.8 Å². The van der Waals surface area contributed by atoms with Crippen molar-refractivity contribution in [3.8, 4) is 0 Å². The number of hydrogen-bond acceptors (Lipinski definition) is 3. The normalized spacial score (nSPS) is 15.2. The van der Waals surface area contributed by atoms with Crippen LogP contribution < -0.4 is 5.32 Å². The van der Waals surface area contributed by atoms with Crippen molar-refractivity contribution >= 4 is 16.8 Å². The first-order chi connectivity index (χ1) is 8.55. The predicted octanol–water partition coefficient (Wildman–Crippen LogP) is 1.33. The summed E-state index contributed by atoms with van der Waals surface area (Å²) in [4.78, 5) is 13.5. The van der Waals surface area contributed by atoms with E-state index in [0.717, 1.165) is 0 Å². The molecule has 5 nitrogen and oxygen atoms in total. The number of amides is 2. The van der Waals surface area contributed by atoms with Crippen LogP contribution in [0.3, 0.4) is 0 Å². The Balaban J connectivity index is 4.25. The second-order valence-electron chi connectivity index (χ2n) is 5.99. The molecule has 2 N–H and O–H groups in total. The lowest BCUT2D eigenvalue weighted by atomic mass is 10.3. The molecule has 2 unspecified atom stereocenters. The average Bonchev–Trinajstić information content (AvgIpc) is 2.23. The SMILES string of the molecule is CC(O)CN(C(=O)NCCS(=O)C(C)(C)C)C(C)C. The molecule has 0 spiro atoms. The molecule has 0 heterocycles. The third-order valence-corrected chi connectivity index (χ3v) is 4.53. The predicted molar refractivity (Wildman–Crippen MR) is 79.7 cm³/mol. The Morgan fingerprint density at radius 3 is 2.21 bits per heavy atom. The summed E-state index contributed by atoms with van der Waals surface area (Å²) in [5, 5.41) is 12.1. The van der Waals surface area contributed by atoms with Gasteiger partial charge in [-0.05, 0) is 41.5 Å². The molecule has 0 saturated heterocycles. The number of carbonyl (C=O) groups excluding carboxylic acids is 1. The summed E-state index contributed by atoms with van der Waals surface area (Å²) in [7, 11) is -0.971. The fourth-order valence-electron chi connectivity index (χ4n) is 1.47. The van der Waals surface area contributed by atoms with Crippen molar-refractivity contribution < 1.29 is 14.1 Å². The second-order valence-corrected chi connectivity index (χ2v) is 8.31. The van der Waals surface area contributed by atoms with Gasteiger partial charge in [0.2, 0.25) is 0 Å². The zero-order valence-corrected chi connectivity index (χ0v) is 13.7. The van der Waals surface area contributed by atoms with Gasteiger partial charge in [0.1, 0.15) is 0 Å². The molecule has 0 bridgehead atoms. The van der Waals surface area contributed by atoms with E-state index in [1.165, 1.54) is 0 Å². The highest BCUT2D eigenvalue weighted by Crippen LogP contribution is 2.10. The van der Waals surface area contributed by atoms with Crippen LogP contribution in [0.15, 0.2) is 0 Å². The monoisotopic (exact) mass is 292 g/mol. The highest BCUT2D eigenvalue weighted by Gasteiger charge is 2.21. The van der Waals surface area contributed by atoms with Crippen molar-refractivity contribution in [2.45, 2.75) is 58.4 Å². The number of aliphatic hydroxyl groups excluding tert-OH is 1. The van der Waals surface area contributed by atoms with Gasteiger partial charge in [0, 0.05) is 40.4 Å². The first-order valence-corrected chi connectivity index (χ1v) is 7.98. The summed E-state index contributed by atoms with van der Waals surface area (Å²) in [5.41, 5.74) is 0. The topological polar surface area (TPSA) is 69.6 Å². The number of carbonyl (C=O) groups is 1. The Hall–Kier alpha value is -0.620. The van der Waals surface area contributed by atoms with E-state index in [1.54, 1.807) is 11.8 Å². The first-order valence-electron chi connectivity index (χ1n) is 6.66. The van der Waals surface area contributed by atoms with Crippen molar-refractivity contribution in [3.05, 3.63) is 0 Å². The molecule has 0 aliphatic heterocycles. The van der Waals surface area contributed by atoms with Gasteiger partial charge in [-0.15, -0.1) is 0 Å². The van der Waals surface area contributed by atoms with Crippen molar-refractivity contribution in [2.75, 3.05) is 18.8 Å². The van der Waals surface area contributed by atoms with E-state index < -0.39 is 16.9 Å². The Bertz CT molecular complexity index is 312. The van der Waals surface area contributed by atoms with Gasteiger partial charge in [0.15, 0.2) is 0 Å². The van der Waals surface area contributed by atoms with E-state index in [9.17, 15) is 14.1 Å². The van der Waals surface area contributed by atoms with Crippen LogP contribution in [0.2, 0.25) is 0 Å². The smallest absolute Gasteiger partial charge is 0.317 e. The number of aliphatic hydroxyl groups is 1. The van der Waals surface area contributed by atoms with Crippen molar-refractivity contribution in [3.63, 3.8) is 0 Å². The van der Waals surface area contributed by atoms with Crippen LogP contribution >= 0.6 is 0 Å². The molecule has 2 amide bonds. The second kappa shape index (κ2) is 7.85. The summed E-state index contributed by atoms with van der Waals surface area (Å²) in [6.45, 7) is 11.9. The molecule has 2 atom stereocenters. The lowest BCUT2D eigenvalue weighted by molar-refractivity contribution is 0.119. The van der Waals surface area contributed by atoms with Gasteiger partial charge in [-0.2, -0.15) is 0 Å². The molecule has 0 aliphatic rings. The third-order valence-electron chi connectivity index (χ3n) is 2.59. The minimum Gasteiger partial charge on any atom is -0.392 e. The summed E-state index contributed by atoms with van der Waals surface area (Å²) < 4.78 is 11.6. The Labute approximate surface area is 119 Å². The Morgan fingerprint density at radius 2 is 1.84 bits per heavy atom. The van der Waals surface area contributed by atoms with Gasteiger partial charge in [-0.25, -0.2) is 4.79 Å². The molecule has 19 heavy (non-hydrogen) atoms. The molecule has 0 aromatic rings. The zero-order chi connectivity index (χ0) is 15.2. The molecule has 0 fully saturated rings. The minimum atomic E-state index is -0.971. The maximum Gasteiger partial charge on any atom is 0.317 e. The fourth-order valence-corrected chi connectivity index (χ4v) is 2.37. The fraction of sp³-hybridized carbons (Fsp3) is 0.923. The number of urea groups is 1. The summed E-state index contributed by atoms with van der Waals surface area (Å²) in [5.74, 6) is 0.440. The van der Waals surface area contributed by atoms with Gasteiger partial charge in [0.25, 0.3) is 0 Å². The minimum absolute atomic E-state index is 0.0164. The Morgan fingerprint density at radius 1 is 1.32 bits per heavy atom. The van der Waals surface area contributed by atoms with E-state index in [-0.39, 0.29) is 16.8 Å². The zero-order valence-electron chi connectivity index (χ0n) is 12.9. The Kier molecular flexibility index (Phi) is 7.59. The number of nitrogens with one attached hydrogen (secondary N) is 1. The van der Waals surface area contributed by atoms with Crippen LogP contribution in [-0.2, 0) is 10.8 Å². The lowest BCUT2D eigenvalue weighted by Gasteiger charge is -2.28. The highest BCUT2D eigenvalue weighted by atomic mass is 32.2. The van der Waals surface area contributed by atoms with Gasteiger partial charge in [-0.3, -0.25) is 4.21 Å². The maximum atomic E-state index is 12.0. The first kappa shape index (κ1) is 18.4. The van der Waals surface area contributed by atoms with Gasteiger partial charge in [-0.1, -0.05) is 0 Å². The highest BCUT2D eigenvalue weighted by molar-refractivity contribution is 7.86. The summed E-state index contributed by atoms with van der Waals surface area (Å²) in [6.07, 6.45) is -0.558. The summed E-state index contributed by atoms with van der Waals surface area (Å²) in [6, 6.07) is -0.204. The number of hydrogen-bond donors (Lipinski definition) is 2. The third kappa shape index (κ3) is 7.52. The molecule has 0 radical (unpaired) electrons. The van der Waals surface area contributed by atoms with Gasteiger partial charge >= 0.3 is 6.03 Å². The van der Waals surface area contributed by atoms with E-state index in [2.05, 4.69) is 5.32 Å². The lowest BCUT2D eigenvalue weighted by Crippen LogP contribution is -2.48. The van der Waals surface area contributed by atoms with Gasteiger partial charge in [0.05, 0.1) is 6.10 Å². The molecule has 0 aliphatic carbocycles. The van der Waals surface area contributed by atoms with Crippen LogP contribution in [0.1, 0.15) is 41.5 Å². The molecule has 0 rings (SSSR count). The maximum absolute atomic E-state index is 12.0. The number of nitrogens with zero attached hydrogens (tertiary/aromatic N) is 1. The van der Waals surface area contributed by atoms with Crippen LogP contribution in [0.25, 0.3) is 0 Å². The quantitative estimate of drug-likeness (QED) is 0.776. The van der Waals surface area contributed by atoms with E-state index in [1.807, 2.05) is 34.6 Å². The number of rotatable bonds is 6. The van der Waals surface area contributed by atoms with Crippen LogP contribution in [0, 0.1) is 0 Å². The molecule has 0 aromatic carbocycles.